The number of nitrogens with two attached hydrogens (primary N) is 1. The van der Waals surface area contributed by atoms with Gasteiger partial charge in [-0.05, 0) is 35.8 Å². The summed E-state index contributed by atoms with van der Waals surface area (Å²) in [6, 6.07) is 1.42. The van der Waals surface area contributed by atoms with Gasteiger partial charge in [0.15, 0.2) is 5.78 Å². The fourth-order valence-corrected chi connectivity index (χ4v) is 2.38. The van der Waals surface area contributed by atoms with Crippen LogP contribution in [0.3, 0.4) is 0 Å². The second-order valence-corrected chi connectivity index (χ2v) is 4.78. The smallest absolute Gasteiger partial charge is 0.189 e. The van der Waals surface area contributed by atoms with Gasteiger partial charge in [0.1, 0.15) is 0 Å². The second kappa shape index (κ2) is 3.68. The molecule has 0 aliphatic rings. The maximum Gasteiger partial charge on any atom is 0.189 e. The first-order valence-corrected chi connectivity index (χ1v) is 5.19. The summed E-state index contributed by atoms with van der Waals surface area (Å²) >= 11 is 4.83. The molecule has 0 fully saturated rings. The van der Waals surface area contributed by atoms with Crippen molar-refractivity contribution in [1.29, 1.82) is 0 Å². The van der Waals surface area contributed by atoms with Gasteiger partial charge in [-0.25, -0.2) is 0 Å². The van der Waals surface area contributed by atoms with Crippen LogP contribution in [0.1, 0.15) is 21.5 Å². The number of carbonyl (C=O) groups is 1. The quantitative estimate of drug-likeness (QED) is 0.816. The van der Waals surface area contributed by atoms with Crippen molar-refractivity contribution >= 4 is 33.0 Å². The Labute approximate surface area is 83.9 Å². The lowest BCUT2D eigenvalue weighted by molar-refractivity contribution is 0.0972. The summed E-state index contributed by atoms with van der Waals surface area (Å²) in [4.78, 5) is 13.2. The van der Waals surface area contributed by atoms with Gasteiger partial charge in [0.25, 0.3) is 0 Å². The summed E-state index contributed by atoms with van der Waals surface area (Å²) in [5, 5.41) is 0. The van der Waals surface area contributed by atoms with Crippen LogP contribution < -0.4 is 5.73 Å². The molecule has 0 radical (unpaired) electrons. The van der Waals surface area contributed by atoms with Gasteiger partial charge in [-0.2, -0.15) is 0 Å². The lowest BCUT2D eigenvalue weighted by Crippen LogP contribution is -2.25. The van der Waals surface area contributed by atoms with Crippen molar-refractivity contribution in [2.45, 2.75) is 19.9 Å². The first kappa shape index (κ1) is 9.89. The van der Waals surface area contributed by atoms with E-state index >= 15 is 0 Å². The van der Waals surface area contributed by atoms with Crippen LogP contribution in [-0.4, -0.2) is 11.8 Å². The summed E-state index contributed by atoms with van der Waals surface area (Å²) in [6.07, 6.45) is 0. The fourth-order valence-electron chi connectivity index (χ4n) is 0.806. The van der Waals surface area contributed by atoms with E-state index in [-0.39, 0.29) is 5.78 Å². The van der Waals surface area contributed by atoms with E-state index in [1.165, 1.54) is 11.3 Å². The maximum atomic E-state index is 11.4. The minimum atomic E-state index is -0.407. The van der Waals surface area contributed by atoms with Crippen LogP contribution in [0, 0.1) is 6.92 Å². The largest absolute Gasteiger partial charge is 0.321 e. The monoisotopic (exact) mass is 247 g/mol. The molecule has 0 aliphatic carbocycles. The van der Waals surface area contributed by atoms with Crippen LogP contribution in [0.2, 0.25) is 0 Å². The number of aryl methyl sites for hydroxylation is 1. The molecule has 2 nitrogen and oxygen atoms in total. The molecule has 66 valence electrons. The van der Waals surface area contributed by atoms with E-state index in [0.29, 0.717) is 0 Å². The summed E-state index contributed by atoms with van der Waals surface area (Å²) in [7, 11) is 0. The molecule has 1 aromatic rings. The second-order valence-electron chi connectivity index (χ2n) is 2.67. The van der Waals surface area contributed by atoms with Crippen molar-refractivity contribution < 1.29 is 4.79 Å². The van der Waals surface area contributed by atoms with E-state index in [1.54, 1.807) is 6.92 Å². The van der Waals surface area contributed by atoms with Crippen LogP contribution in [0.25, 0.3) is 0 Å². The van der Waals surface area contributed by atoms with Crippen molar-refractivity contribution in [3.63, 3.8) is 0 Å². The SMILES string of the molecule is Cc1sc(C(=O)C(C)N)cc1Br. The van der Waals surface area contributed by atoms with Gasteiger partial charge in [-0.1, -0.05) is 0 Å². The number of halogens is 1. The zero-order valence-electron chi connectivity index (χ0n) is 6.93. The molecule has 1 heterocycles. The number of Topliss-reactive ketones (excluding diaryl/α,β-unsaturated/α-hetero) is 1. The maximum absolute atomic E-state index is 11.4. The van der Waals surface area contributed by atoms with Gasteiger partial charge >= 0.3 is 0 Å². The molecule has 1 atom stereocenters. The standard InChI is InChI=1S/C8H10BrNOS/c1-4(10)8(11)7-3-6(9)5(2)12-7/h3-4H,10H2,1-2H3. The van der Waals surface area contributed by atoms with Crippen LogP contribution in [0.15, 0.2) is 10.5 Å². The molecule has 1 unspecified atom stereocenters. The Morgan fingerprint density at radius 1 is 1.75 bits per heavy atom. The zero-order chi connectivity index (χ0) is 9.30. The molecular formula is C8H10BrNOS. The van der Waals surface area contributed by atoms with Gasteiger partial charge in [-0.3, -0.25) is 4.79 Å². The van der Waals surface area contributed by atoms with Crippen molar-refractivity contribution in [3.8, 4) is 0 Å². The Kier molecular flexibility index (Phi) is 3.04. The summed E-state index contributed by atoms with van der Waals surface area (Å²) in [5.74, 6) is 0.00815. The Morgan fingerprint density at radius 3 is 2.67 bits per heavy atom. The van der Waals surface area contributed by atoms with E-state index in [0.717, 1.165) is 14.2 Å². The molecule has 0 aromatic carbocycles. The molecule has 1 rings (SSSR count). The number of thiophene rings is 1. The average Bonchev–Trinajstić information content (AvgIpc) is 2.30. The third-order valence-electron chi connectivity index (χ3n) is 1.51. The molecule has 0 saturated heterocycles. The Balaban J connectivity index is 2.97. The zero-order valence-corrected chi connectivity index (χ0v) is 9.33. The van der Waals surface area contributed by atoms with Crippen molar-refractivity contribution in [2.24, 2.45) is 5.73 Å². The van der Waals surface area contributed by atoms with Gasteiger partial charge in [0.2, 0.25) is 0 Å². The normalized spacial score (nSPS) is 13.0. The third-order valence-corrected chi connectivity index (χ3v) is 3.66. The van der Waals surface area contributed by atoms with Gasteiger partial charge in [0.05, 0.1) is 10.9 Å². The Morgan fingerprint density at radius 2 is 2.33 bits per heavy atom. The third kappa shape index (κ3) is 1.94. The van der Waals surface area contributed by atoms with Crippen molar-refractivity contribution in [3.05, 3.63) is 20.3 Å². The van der Waals surface area contributed by atoms with E-state index < -0.39 is 6.04 Å². The van der Waals surface area contributed by atoms with Crippen LogP contribution in [0.5, 0.6) is 0 Å². The number of hydrogen-bond donors (Lipinski definition) is 1. The highest BCUT2D eigenvalue weighted by molar-refractivity contribution is 9.10. The first-order chi connectivity index (χ1) is 5.52. The summed E-state index contributed by atoms with van der Waals surface area (Å²) in [5.41, 5.74) is 5.47. The van der Waals surface area contributed by atoms with Crippen LogP contribution in [-0.2, 0) is 0 Å². The summed E-state index contributed by atoms with van der Waals surface area (Å²) in [6.45, 7) is 3.66. The lowest BCUT2D eigenvalue weighted by atomic mass is 10.2. The molecule has 0 amide bonds. The molecule has 4 heteroatoms. The highest BCUT2D eigenvalue weighted by Gasteiger charge is 2.14. The molecule has 2 N–H and O–H groups in total. The number of ketones is 1. The molecule has 0 aliphatic heterocycles. The van der Waals surface area contributed by atoms with Crippen molar-refractivity contribution in [1.82, 2.24) is 0 Å². The Hall–Kier alpha value is -0.190. The van der Waals surface area contributed by atoms with Crippen LogP contribution >= 0.6 is 27.3 Å². The Bertz CT molecular complexity index is 287. The molecule has 0 saturated carbocycles. The molecule has 12 heavy (non-hydrogen) atoms. The van der Waals surface area contributed by atoms with Crippen LogP contribution in [0.4, 0.5) is 0 Å². The molecule has 0 spiro atoms. The van der Waals surface area contributed by atoms with Gasteiger partial charge < -0.3 is 5.73 Å². The fraction of sp³-hybridized carbons (Fsp3) is 0.375. The van der Waals surface area contributed by atoms with E-state index in [4.69, 9.17) is 5.73 Å². The topological polar surface area (TPSA) is 43.1 Å². The predicted octanol–water partition coefficient (Wildman–Crippen LogP) is 2.35. The minimum Gasteiger partial charge on any atom is -0.321 e. The number of carbonyl (C=O) groups excluding carboxylic acids is 1. The number of rotatable bonds is 2. The highest BCUT2D eigenvalue weighted by Crippen LogP contribution is 2.26. The predicted molar refractivity (Wildman–Crippen MR) is 54.7 cm³/mol. The molecule has 1 aromatic heterocycles. The highest BCUT2D eigenvalue weighted by atomic mass is 79.9. The summed E-state index contributed by atoms with van der Waals surface area (Å²) < 4.78 is 0.983. The van der Waals surface area contributed by atoms with E-state index in [2.05, 4.69) is 15.9 Å². The van der Waals surface area contributed by atoms with E-state index in [1.807, 2.05) is 13.0 Å². The first-order valence-electron chi connectivity index (χ1n) is 3.58. The molecular weight excluding hydrogens is 238 g/mol. The number of hydrogen-bond acceptors (Lipinski definition) is 3. The van der Waals surface area contributed by atoms with E-state index in [9.17, 15) is 4.79 Å². The van der Waals surface area contributed by atoms with Crippen molar-refractivity contribution in [2.75, 3.05) is 0 Å². The van der Waals surface area contributed by atoms with Gasteiger partial charge in [-0.15, -0.1) is 11.3 Å². The minimum absolute atomic E-state index is 0.00815. The lowest BCUT2D eigenvalue weighted by Gasteiger charge is -1.98. The van der Waals surface area contributed by atoms with Gasteiger partial charge in [0, 0.05) is 9.35 Å². The average molecular weight is 248 g/mol. The molecule has 0 bridgehead atoms.